The molecule has 0 saturated carbocycles. The minimum Gasteiger partial charge on any atom is -0.480 e. The molecule has 0 aliphatic rings. The first-order valence-electron chi connectivity index (χ1n) is 6.08. The largest absolute Gasteiger partial charge is 0.480 e. The Bertz CT molecular complexity index is 374. The van der Waals surface area contributed by atoms with Gasteiger partial charge in [-0.15, -0.1) is 0 Å². The molecule has 0 fully saturated rings. The van der Waals surface area contributed by atoms with E-state index in [9.17, 15) is 19.2 Å². The van der Waals surface area contributed by atoms with Crippen molar-refractivity contribution in [1.82, 2.24) is 9.80 Å². The van der Waals surface area contributed by atoms with E-state index in [2.05, 4.69) is 9.47 Å². The van der Waals surface area contributed by atoms with Gasteiger partial charge in [-0.2, -0.15) is 0 Å². The fourth-order valence-electron chi connectivity index (χ4n) is 0.936. The standard InChI is InChI=1S/2C6H11NO4/c2*1-4(5(8)9)7(2)6(10)11-3/h2*4H,1-3H3,(H,8,9)/t2*4-/m10/s1. The molecular formula is C12H22N2O8. The highest BCUT2D eigenvalue weighted by molar-refractivity contribution is 5.79. The monoisotopic (exact) mass is 322 g/mol. The second kappa shape index (κ2) is 10.2. The van der Waals surface area contributed by atoms with Crippen molar-refractivity contribution >= 4 is 24.1 Å². The Morgan fingerprint density at radius 3 is 1.14 bits per heavy atom. The number of carbonyl (C=O) groups is 4. The minimum absolute atomic E-state index is 0.653. The summed E-state index contributed by atoms with van der Waals surface area (Å²) >= 11 is 0. The third-order valence-electron chi connectivity index (χ3n) is 2.80. The number of ether oxygens (including phenoxy) is 2. The summed E-state index contributed by atoms with van der Waals surface area (Å²) in [5.74, 6) is -2.11. The molecule has 2 atom stereocenters. The number of carbonyl (C=O) groups excluding carboxylic acids is 2. The van der Waals surface area contributed by atoms with Gasteiger partial charge in [0.25, 0.3) is 0 Å². The highest BCUT2D eigenvalue weighted by atomic mass is 16.5. The summed E-state index contributed by atoms with van der Waals surface area (Å²) in [7, 11) is 5.13. The zero-order valence-corrected chi connectivity index (χ0v) is 13.4. The van der Waals surface area contributed by atoms with Crippen molar-refractivity contribution in [3.63, 3.8) is 0 Å². The number of aliphatic carboxylic acids is 2. The zero-order chi connectivity index (χ0) is 18.0. The number of hydrogen-bond donors (Lipinski definition) is 2. The van der Waals surface area contributed by atoms with E-state index < -0.39 is 36.2 Å². The third kappa shape index (κ3) is 7.31. The molecule has 0 heterocycles. The van der Waals surface area contributed by atoms with Gasteiger partial charge >= 0.3 is 24.1 Å². The van der Waals surface area contributed by atoms with Crippen LogP contribution in [0.25, 0.3) is 0 Å². The second-order valence-electron chi connectivity index (χ2n) is 4.19. The maximum Gasteiger partial charge on any atom is 0.409 e. The first-order chi connectivity index (χ1) is 10.0. The second-order valence-corrected chi connectivity index (χ2v) is 4.19. The van der Waals surface area contributed by atoms with E-state index in [0.717, 1.165) is 9.80 Å². The van der Waals surface area contributed by atoms with Crippen LogP contribution >= 0.6 is 0 Å². The summed E-state index contributed by atoms with van der Waals surface area (Å²) in [4.78, 5) is 44.0. The molecule has 0 aliphatic heterocycles. The number of hydrogen-bond acceptors (Lipinski definition) is 6. The van der Waals surface area contributed by atoms with Gasteiger partial charge in [0.1, 0.15) is 12.1 Å². The van der Waals surface area contributed by atoms with Crippen LogP contribution in [0, 0.1) is 0 Å². The van der Waals surface area contributed by atoms with Crippen LogP contribution in [-0.4, -0.2) is 84.5 Å². The summed E-state index contributed by atoms with van der Waals surface area (Å²) in [6.45, 7) is 2.80. The lowest BCUT2D eigenvalue weighted by atomic mass is 10.3. The van der Waals surface area contributed by atoms with Crippen LogP contribution in [0.1, 0.15) is 13.8 Å². The van der Waals surface area contributed by atoms with Crippen molar-refractivity contribution in [3.05, 3.63) is 0 Å². The summed E-state index contributed by atoms with van der Waals surface area (Å²) in [5.41, 5.74) is 0. The van der Waals surface area contributed by atoms with Gasteiger partial charge in [0.05, 0.1) is 14.2 Å². The highest BCUT2D eigenvalue weighted by Crippen LogP contribution is 1.98. The average molecular weight is 322 g/mol. The van der Waals surface area contributed by atoms with Crippen molar-refractivity contribution in [2.45, 2.75) is 25.9 Å². The third-order valence-corrected chi connectivity index (χ3v) is 2.80. The molecule has 0 aliphatic carbocycles. The van der Waals surface area contributed by atoms with E-state index in [4.69, 9.17) is 10.2 Å². The van der Waals surface area contributed by atoms with Crippen LogP contribution in [0.2, 0.25) is 0 Å². The first kappa shape index (κ1) is 21.8. The molecule has 0 aromatic heterocycles. The lowest BCUT2D eigenvalue weighted by Gasteiger charge is -2.19. The lowest BCUT2D eigenvalue weighted by Crippen LogP contribution is -2.40. The first-order valence-corrected chi connectivity index (χ1v) is 6.08. The number of nitrogens with zero attached hydrogens (tertiary/aromatic N) is 2. The van der Waals surface area contributed by atoms with E-state index >= 15 is 0 Å². The number of likely N-dealkylation sites (N-methyl/N-ethyl adjacent to an activating group) is 2. The smallest absolute Gasteiger partial charge is 0.409 e. The van der Waals surface area contributed by atoms with Gasteiger partial charge in [-0.05, 0) is 13.8 Å². The number of carboxylic acids is 2. The number of carboxylic acid groups (broad SMARTS) is 2. The van der Waals surface area contributed by atoms with Gasteiger partial charge in [-0.1, -0.05) is 0 Å². The average Bonchev–Trinajstić information content (AvgIpc) is 2.50. The Kier molecular flexibility index (Phi) is 10.1. The van der Waals surface area contributed by atoms with E-state index in [1.165, 1.54) is 42.2 Å². The number of methoxy groups -OCH3 is 2. The topological polar surface area (TPSA) is 134 Å². The van der Waals surface area contributed by atoms with E-state index in [1.54, 1.807) is 0 Å². The van der Waals surface area contributed by atoms with Gasteiger partial charge in [-0.3, -0.25) is 9.80 Å². The number of rotatable bonds is 4. The maximum atomic E-state index is 10.7. The quantitative estimate of drug-likeness (QED) is 0.755. The van der Waals surface area contributed by atoms with Gasteiger partial charge in [0.2, 0.25) is 0 Å². The molecule has 0 saturated heterocycles. The molecule has 0 bridgehead atoms. The number of amides is 2. The summed E-state index contributed by atoms with van der Waals surface area (Å²) < 4.78 is 8.61. The van der Waals surface area contributed by atoms with Crippen LogP contribution in [0.4, 0.5) is 9.59 Å². The van der Waals surface area contributed by atoms with E-state index in [1.807, 2.05) is 0 Å². The van der Waals surface area contributed by atoms with Crippen LogP contribution in [0.3, 0.4) is 0 Å². The molecule has 2 N–H and O–H groups in total. The summed E-state index contributed by atoms with van der Waals surface area (Å²) in [6, 6.07) is -1.72. The molecule has 22 heavy (non-hydrogen) atoms. The predicted octanol–water partition coefficient (Wildman–Crippen LogP) is 0.315. The van der Waals surface area contributed by atoms with Gasteiger partial charge < -0.3 is 19.7 Å². The molecule has 10 heteroatoms. The van der Waals surface area contributed by atoms with Crippen molar-refractivity contribution in [2.24, 2.45) is 0 Å². The van der Waals surface area contributed by atoms with Crippen LogP contribution < -0.4 is 0 Å². The zero-order valence-electron chi connectivity index (χ0n) is 13.4. The molecule has 0 radical (unpaired) electrons. The normalized spacial score (nSPS) is 11.9. The van der Waals surface area contributed by atoms with Gasteiger partial charge in [0, 0.05) is 14.1 Å². The van der Waals surface area contributed by atoms with E-state index in [-0.39, 0.29) is 0 Å². The van der Waals surface area contributed by atoms with Crippen LogP contribution in [0.15, 0.2) is 0 Å². The van der Waals surface area contributed by atoms with Crippen molar-refractivity contribution in [2.75, 3.05) is 28.3 Å². The molecule has 0 rings (SSSR count). The van der Waals surface area contributed by atoms with E-state index in [0.29, 0.717) is 0 Å². The Hall–Kier alpha value is -2.52. The van der Waals surface area contributed by atoms with Crippen LogP contribution in [0.5, 0.6) is 0 Å². The molecule has 10 nitrogen and oxygen atoms in total. The maximum absolute atomic E-state index is 10.7. The minimum atomic E-state index is -1.06. The summed E-state index contributed by atoms with van der Waals surface area (Å²) in [5, 5.41) is 16.9. The Morgan fingerprint density at radius 1 is 0.773 bits per heavy atom. The molecule has 0 aromatic carbocycles. The van der Waals surface area contributed by atoms with Crippen molar-refractivity contribution in [1.29, 1.82) is 0 Å². The fourth-order valence-corrected chi connectivity index (χ4v) is 0.936. The Labute approximate surface area is 128 Å². The van der Waals surface area contributed by atoms with Gasteiger partial charge in [-0.25, -0.2) is 19.2 Å². The predicted molar refractivity (Wildman–Crippen MR) is 74.5 cm³/mol. The molecule has 2 amide bonds. The van der Waals surface area contributed by atoms with Crippen molar-refractivity contribution in [3.8, 4) is 0 Å². The molecule has 128 valence electrons. The summed E-state index contributed by atoms with van der Waals surface area (Å²) in [6.07, 6.45) is -1.31. The Balaban J connectivity index is 0. The highest BCUT2D eigenvalue weighted by Gasteiger charge is 2.22. The Morgan fingerprint density at radius 2 is 1.00 bits per heavy atom. The van der Waals surface area contributed by atoms with Crippen molar-refractivity contribution < 1.29 is 38.9 Å². The van der Waals surface area contributed by atoms with Crippen LogP contribution in [-0.2, 0) is 19.1 Å². The van der Waals surface area contributed by atoms with Gasteiger partial charge in [0.15, 0.2) is 0 Å². The molecule has 0 aromatic rings. The SMILES string of the molecule is COC(=O)N(C)[C@@H](C)C(=O)O.COC(=O)N(C)[C@H](C)C(=O)O. The molecular weight excluding hydrogens is 300 g/mol. The lowest BCUT2D eigenvalue weighted by molar-refractivity contribution is -0.142. The fraction of sp³-hybridized carbons (Fsp3) is 0.667. The molecule has 0 spiro atoms. The molecule has 0 unspecified atom stereocenters.